The van der Waals surface area contributed by atoms with Crippen LogP contribution in [-0.2, 0) is 4.74 Å². The predicted molar refractivity (Wildman–Crippen MR) is 127 cm³/mol. The molecule has 0 atom stereocenters. The van der Waals surface area contributed by atoms with Gasteiger partial charge in [0.15, 0.2) is 17.2 Å². The summed E-state index contributed by atoms with van der Waals surface area (Å²) in [6.07, 6.45) is 8.93. The maximum absolute atomic E-state index is 14.0. The molecule has 35 heavy (non-hydrogen) atoms. The van der Waals surface area contributed by atoms with Crippen LogP contribution in [-0.4, -0.2) is 56.8 Å². The summed E-state index contributed by atoms with van der Waals surface area (Å²) in [4.78, 5) is 32.5. The lowest BCUT2D eigenvalue weighted by molar-refractivity contribution is 0.101. The van der Waals surface area contributed by atoms with Gasteiger partial charge in [0, 0.05) is 30.4 Å². The maximum atomic E-state index is 14.0. The molecule has 0 saturated heterocycles. The van der Waals surface area contributed by atoms with Gasteiger partial charge >= 0.3 is 6.09 Å². The number of anilines is 3. The van der Waals surface area contributed by atoms with E-state index in [-0.39, 0.29) is 23.5 Å². The summed E-state index contributed by atoms with van der Waals surface area (Å²) in [6.45, 7) is 0. The van der Waals surface area contributed by atoms with Crippen LogP contribution in [0.25, 0.3) is 5.65 Å². The minimum Gasteiger partial charge on any atom is -0.453 e. The van der Waals surface area contributed by atoms with Crippen molar-refractivity contribution < 1.29 is 18.7 Å². The molecule has 2 aliphatic rings. The van der Waals surface area contributed by atoms with E-state index < -0.39 is 17.8 Å². The highest BCUT2D eigenvalue weighted by Gasteiger charge is 2.26. The van der Waals surface area contributed by atoms with Crippen molar-refractivity contribution in [2.24, 2.45) is 0 Å². The standard InChI is InChI=1S/C23H27FN8O3/c1-35-23(34)29-15-6-4-14(5-7-15)28-20-10-18(27-13-2-3-13)21-26-12-19(32(21)31-20)22(33)30-17-8-9-25-11-16(17)24/h8-15,27H,2-7H2,1H3,(H,28,31)(H,29,34)(H,25,30,33)/t14-,15-. The minimum absolute atomic E-state index is 0.0304. The van der Waals surface area contributed by atoms with Gasteiger partial charge in [-0.3, -0.25) is 9.78 Å². The second-order valence-corrected chi connectivity index (χ2v) is 8.88. The summed E-state index contributed by atoms with van der Waals surface area (Å²) in [5.74, 6) is -0.551. The zero-order chi connectivity index (χ0) is 24.4. The highest BCUT2D eigenvalue weighted by atomic mass is 19.1. The first-order valence-electron chi connectivity index (χ1n) is 11.7. The minimum atomic E-state index is -0.627. The van der Waals surface area contributed by atoms with Crippen molar-refractivity contribution in [3.05, 3.63) is 42.2 Å². The third kappa shape index (κ3) is 5.26. The van der Waals surface area contributed by atoms with Crippen molar-refractivity contribution in [3.8, 4) is 0 Å². The molecule has 0 radical (unpaired) electrons. The molecule has 0 spiro atoms. The molecule has 0 aromatic carbocycles. The number of nitrogens with one attached hydrogen (secondary N) is 4. The number of carbonyl (C=O) groups excluding carboxylic acids is 2. The lowest BCUT2D eigenvalue weighted by Crippen LogP contribution is -2.40. The molecule has 2 fully saturated rings. The SMILES string of the molecule is COC(=O)N[C@H]1CC[C@H](Nc2cc(NC3CC3)c3ncc(C(=O)Nc4ccncc4F)n3n2)CC1. The highest BCUT2D eigenvalue weighted by Crippen LogP contribution is 2.30. The van der Waals surface area contributed by atoms with E-state index >= 15 is 0 Å². The summed E-state index contributed by atoms with van der Waals surface area (Å²) in [5, 5.41) is 17.0. The molecule has 184 valence electrons. The Hall–Kier alpha value is -3.96. The molecule has 2 amide bonds. The first kappa shape index (κ1) is 22.8. The van der Waals surface area contributed by atoms with Gasteiger partial charge in [0.25, 0.3) is 5.91 Å². The Balaban J connectivity index is 1.36. The van der Waals surface area contributed by atoms with E-state index in [0.29, 0.717) is 17.5 Å². The second-order valence-electron chi connectivity index (χ2n) is 8.88. The van der Waals surface area contributed by atoms with Crippen LogP contribution < -0.4 is 21.3 Å². The van der Waals surface area contributed by atoms with E-state index in [1.54, 1.807) is 0 Å². The first-order chi connectivity index (χ1) is 17.0. The number of fused-ring (bicyclic) bond motifs is 1. The Kier molecular flexibility index (Phi) is 6.34. The Morgan fingerprint density at radius 1 is 1.03 bits per heavy atom. The van der Waals surface area contributed by atoms with Gasteiger partial charge in [0.05, 0.1) is 30.9 Å². The summed E-state index contributed by atoms with van der Waals surface area (Å²) in [7, 11) is 1.36. The largest absolute Gasteiger partial charge is 0.453 e. The predicted octanol–water partition coefficient (Wildman–Crippen LogP) is 3.17. The number of aromatic nitrogens is 4. The number of halogens is 1. The van der Waals surface area contributed by atoms with Gasteiger partial charge < -0.3 is 26.0 Å². The molecule has 4 N–H and O–H groups in total. The fourth-order valence-electron chi connectivity index (χ4n) is 4.23. The first-order valence-corrected chi connectivity index (χ1v) is 11.7. The Morgan fingerprint density at radius 2 is 1.74 bits per heavy atom. The highest BCUT2D eigenvalue weighted by molar-refractivity contribution is 6.03. The topological polar surface area (TPSA) is 135 Å². The number of hydrogen-bond donors (Lipinski definition) is 4. The number of alkyl carbamates (subject to hydrolysis) is 1. The van der Waals surface area contributed by atoms with Gasteiger partial charge in [-0.15, -0.1) is 5.10 Å². The van der Waals surface area contributed by atoms with Crippen molar-refractivity contribution in [1.29, 1.82) is 0 Å². The van der Waals surface area contributed by atoms with E-state index in [0.717, 1.165) is 50.4 Å². The average molecular weight is 483 g/mol. The van der Waals surface area contributed by atoms with Crippen LogP contribution in [0.3, 0.4) is 0 Å². The van der Waals surface area contributed by atoms with Gasteiger partial charge in [0.1, 0.15) is 5.82 Å². The van der Waals surface area contributed by atoms with Crippen LogP contribution in [0.5, 0.6) is 0 Å². The van der Waals surface area contributed by atoms with Gasteiger partial charge in [-0.1, -0.05) is 0 Å². The number of rotatable bonds is 7. The van der Waals surface area contributed by atoms with Crippen molar-refractivity contribution in [2.45, 2.75) is 56.7 Å². The van der Waals surface area contributed by atoms with Crippen LogP contribution in [0, 0.1) is 5.82 Å². The summed E-state index contributed by atoms with van der Waals surface area (Å²) in [6, 6.07) is 3.91. The Labute approximate surface area is 200 Å². The van der Waals surface area contributed by atoms with Crippen molar-refractivity contribution >= 4 is 34.8 Å². The molecular formula is C23H27FN8O3. The molecule has 3 heterocycles. The van der Waals surface area contributed by atoms with E-state index in [9.17, 15) is 14.0 Å². The molecule has 3 aromatic rings. The number of pyridine rings is 1. The van der Waals surface area contributed by atoms with Crippen molar-refractivity contribution in [3.63, 3.8) is 0 Å². The Morgan fingerprint density at radius 3 is 2.46 bits per heavy atom. The van der Waals surface area contributed by atoms with E-state index in [4.69, 9.17) is 0 Å². The Bertz CT molecular complexity index is 1240. The third-order valence-electron chi connectivity index (χ3n) is 6.24. The molecule has 2 saturated carbocycles. The van der Waals surface area contributed by atoms with E-state index in [2.05, 4.69) is 41.1 Å². The zero-order valence-electron chi connectivity index (χ0n) is 19.3. The lowest BCUT2D eigenvalue weighted by atomic mass is 9.91. The maximum Gasteiger partial charge on any atom is 0.407 e. The summed E-state index contributed by atoms with van der Waals surface area (Å²) in [5.41, 5.74) is 1.52. The monoisotopic (exact) mass is 482 g/mol. The van der Waals surface area contributed by atoms with E-state index in [1.165, 1.54) is 30.1 Å². The molecule has 3 aromatic heterocycles. The van der Waals surface area contributed by atoms with Crippen LogP contribution in [0.2, 0.25) is 0 Å². The molecule has 0 aliphatic heterocycles. The van der Waals surface area contributed by atoms with Crippen LogP contribution in [0.4, 0.5) is 26.4 Å². The quantitative estimate of drug-likeness (QED) is 0.403. The van der Waals surface area contributed by atoms with E-state index in [1.807, 2.05) is 6.07 Å². The number of carbonyl (C=O) groups is 2. The van der Waals surface area contributed by atoms with Crippen LogP contribution >= 0.6 is 0 Å². The van der Waals surface area contributed by atoms with Gasteiger partial charge in [-0.25, -0.2) is 18.7 Å². The number of imidazole rings is 1. The van der Waals surface area contributed by atoms with Gasteiger partial charge in [0.2, 0.25) is 0 Å². The molecule has 0 bridgehead atoms. The average Bonchev–Trinajstić information content (AvgIpc) is 3.57. The lowest BCUT2D eigenvalue weighted by Gasteiger charge is -2.29. The number of amides is 2. The fraction of sp³-hybridized carbons (Fsp3) is 0.435. The van der Waals surface area contributed by atoms with Crippen LogP contribution in [0.1, 0.15) is 49.0 Å². The van der Waals surface area contributed by atoms with Crippen LogP contribution in [0.15, 0.2) is 30.7 Å². The summed E-state index contributed by atoms with van der Waals surface area (Å²) < 4.78 is 20.2. The van der Waals surface area contributed by atoms with Crippen molar-refractivity contribution in [1.82, 2.24) is 24.9 Å². The molecule has 11 nitrogen and oxygen atoms in total. The molecule has 5 rings (SSSR count). The third-order valence-corrected chi connectivity index (χ3v) is 6.24. The van der Waals surface area contributed by atoms with Gasteiger partial charge in [-0.05, 0) is 44.6 Å². The number of nitrogens with zero attached hydrogens (tertiary/aromatic N) is 4. The molecule has 2 aliphatic carbocycles. The fourth-order valence-corrected chi connectivity index (χ4v) is 4.23. The smallest absolute Gasteiger partial charge is 0.407 e. The van der Waals surface area contributed by atoms with Crippen molar-refractivity contribution in [2.75, 3.05) is 23.1 Å². The zero-order valence-corrected chi connectivity index (χ0v) is 19.3. The molecular weight excluding hydrogens is 455 g/mol. The normalized spacial score (nSPS) is 19.7. The number of methoxy groups -OCH3 is 1. The summed E-state index contributed by atoms with van der Waals surface area (Å²) >= 11 is 0. The van der Waals surface area contributed by atoms with Gasteiger partial charge in [-0.2, -0.15) is 0 Å². The molecule has 0 unspecified atom stereocenters. The number of ether oxygens (including phenoxy) is 1. The second kappa shape index (κ2) is 9.72. The number of hydrogen-bond acceptors (Lipinski definition) is 8. The molecule has 12 heteroatoms.